The lowest BCUT2D eigenvalue weighted by atomic mass is 9.99. The van der Waals surface area contributed by atoms with Gasteiger partial charge < -0.3 is 9.32 Å². The third-order valence-corrected chi connectivity index (χ3v) is 4.79. The zero-order chi connectivity index (χ0) is 14.2. The van der Waals surface area contributed by atoms with Crippen molar-refractivity contribution in [3.05, 3.63) is 60.1 Å². The van der Waals surface area contributed by atoms with E-state index >= 15 is 0 Å². The van der Waals surface area contributed by atoms with Crippen LogP contribution in [0, 0.1) is 5.92 Å². The molecular weight excluding hydrogens is 262 g/mol. The van der Waals surface area contributed by atoms with E-state index < -0.39 is 0 Å². The van der Waals surface area contributed by atoms with Gasteiger partial charge in [0.15, 0.2) is 0 Å². The van der Waals surface area contributed by atoms with E-state index in [2.05, 4.69) is 24.3 Å². The molecule has 2 fully saturated rings. The fourth-order valence-electron chi connectivity index (χ4n) is 3.48. The number of furan rings is 1. The Kier molecular flexibility index (Phi) is 3.06. The maximum atomic E-state index is 12.6. The number of nitrogens with zero attached hydrogens (tertiary/aromatic N) is 1. The highest BCUT2D eigenvalue weighted by atomic mass is 16.3. The summed E-state index contributed by atoms with van der Waals surface area (Å²) in [5, 5.41) is 0. The summed E-state index contributed by atoms with van der Waals surface area (Å²) in [7, 11) is 0. The molecule has 1 saturated heterocycles. The van der Waals surface area contributed by atoms with Crippen molar-refractivity contribution < 1.29 is 9.21 Å². The van der Waals surface area contributed by atoms with Crippen LogP contribution in [0.5, 0.6) is 0 Å². The summed E-state index contributed by atoms with van der Waals surface area (Å²) in [5.41, 5.74) is 1.35. The van der Waals surface area contributed by atoms with Crippen LogP contribution >= 0.6 is 0 Å². The molecule has 3 nitrogen and oxygen atoms in total. The Morgan fingerprint density at radius 1 is 1.14 bits per heavy atom. The summed E-state index contributed by atoms with van der Waals surface area (Å²) in [6.45, 7) is 1.75. The SMILES string of the molecule is O=C(C1CC1c1ccco1)N1CCC(c2ccccc2)C1. The summed E-state index contributed by atoms with van der Waals surface area (Å²) in [4.78, 5) is 14.6. The lowest BCUT2D eigenvalue weighted by Crippen LogP contribution is -2.30. The van der Waals surface area contributed by atoms with Gasteiger partial charge in [-0.25, -0.2) is 0 Å². The molecule has 108 valence electrons. The van der Waals surface area contributed by atoms with Crippen molar-refractivity contribution in [1.29, 1.82) is 0 Å². The fourth-order valence-corrected chi connectivity index (χ4v) is 3.48. The molecule has 0 radical (unpaired) electrons. The van der Waals surface area contributed by atoms with E-state index in [0.717, 1.165) is 31.7 Å². The zero-order valence-corrected chi connectivity index (χ0v) is 11.9. The number of carbonyl (C=O) groups is 1. The number of benzene rings is 1. The van der Waals surface area contributed by atoms with Crippen LogP contribution < -0.4 is 0 Å². The van der Waals surface area contributed by atoms with Crippen LogP contribution in [0.15, 0.2) is 53.1 Å². The van der Waals surface area contributed by atoms with Crippen molar-refractivity contribution in [3.63, 3.8) is 0 Å². The van der Waals surface area contributed by atoms with Crippen molar-refractivity contribution in [2.24, 2.45) is 5.92 Å². The normalized spacial score (nSPS) is 27.8. The van der Waals surface area contributed by atoms with Crippen molar-refractivity contribution in [3.8, 4) is 0 Å². The van der Waals surface area contributed by atoms with Crippen molar-refractivity contribution in [1.82, 2.24) is 4.90 Å². The molecule has 1 saturated carbocycles. The number of amides is 1. The maximum Gasteiger partial charge on any atom is 0.226 e. The van der Waals surface area contributed by atoms with E-state index in [1.165, 1.54) is 5.56 Å². The van der Waals surface area contributed by atoms with E-state index in [0.29, 0.717) is 17.7 Å². The molecule has 0 N–H and O–H groups in total. The van der Waals surface area contributed by atoms with Gasteiger partial charge in [-0.2, -0.15) is 0 Å². The third-order valence-electron chi connectivity index (χ3n) is 4.79. The van der Waals surface area contributed by atoms with Gasteiger partial charge in [-0.15, -0.1) is 0 Å². The van der Waals surface area contributed by atoms with Crippen LogP contribution in [-0.4, -0.2) is 23.9 Å². The minimum atomic E-state index is 0.144. The van der Waals surface area contributed by atoms with Crippen molar-refractivity contribution >= 4 is 5.91 Å². The van der Waals surface area contributed by atoms with Crippen LogP contribution in [-0.2, 0) is 4.79 Å². The Labute approximate surface area is 124 Å². The maximum absolute atomic E-state index is 12.6. The molecule has 0 spiro atoms. The van der Waals surface area contributed by atoms with Crippen molar-refractivity contribution in [2.45, 2.75) is 24.7 Å². The highest BCUT2D eigenvalue weighted by molar-refractivity contribution is 5.83. The average molecular weight is 281 g/mol. The van der Waals surface area contributed by atoms with Crippen LogP contribution in [0.25, 0.3) is 0 Å². The van der Waals surface area contributed by atoms with E-state index in [9.17, 15) is 4.79 Å². The number of rotatable bonds is 3. The average Bonchev–Trinajstić information content (AvgIpc) is 2.96. The predicted octanol–water partition coefficient (Wildman–Crippen LogP) is 3.40. The molecule has 1 aromatic heterocycles. The smallest absolute Gasteiger partial charge is 0.226 e. The molecule has 1 amide bonds. The van der Waals surface area contributed by atoms with Crippen LogP contribution in [0.3, 0.4) is 0 Å². The summed E-state index contributed by atoms with van der Waals surface area (Å²) in [6, 6.07) is 14.4. The molecule has 2 aliphatic rings. The number of likely N-dealkylation sites (tertiary alicyclic amines) is 1. The van der Waals surface area contributed by atoms with Gasteiger partial charge in [0, 0.05) is 30.8 Å². The second-order valence-corrected chi connectivity index (χ2v) is 6.14. The van der Waals surface area contributed by atoms with Crippen LogP contribution in [0.4, 0.5) is 0 Å². The minimum absolute atomic E-state index is 0.144. The summed E-state index contributed by atoms with van der Waals surface area (Å²) in [5.74, 6) is 2.23. The van der Waals surface area contributed by atoms with Crippen LogP contribution in [0.1, 0.15) is 36.0 Å². The minimum Gasteiger partial charge on any atom is -0.469 e. The highest BCUT2D eigenvalue weighted by Gasteiger charge is 2.48. The molecule has 2 heterocycles. The first-order valence-electron chi connectivity index (χ1n) is 7.70. The number of carbonyl (C=O) groups excluding carboxylic acids is 1. The molecule has 1 aromatic carbocycles. The second-order valence-electron chi connectivity index (χ2n) is 6.14. The molecular formula is C18H19NO2. The van der Waals surface area contributed by atoms with Crippen molar-refractivity contribution in [2.75, 3.05) is 13.1 Å². The van der Waals surface area contributed by atoms with Gasteiger partial charge in [-0.1, -0.05) is 30.3 Å². The molecule has 0 bridgehead atoms. The van der Waals surface area contributed by atoms with E-state index in [-0.39, 0.29) is 5.92 Å². The predicted molar refractivity (Wildman–Crippen MR) is 79.9 cm³/mol. The Morgan fingerprint density at radius 3 is 2.76 bits per heavy atom. The van der Waals surface area contributed by atoms with Crippen LogP contribution in [0.2, 0.25) is 0 Å². The molecule has 1 aliphatic carbocycles. The summed E-state index contributed by atoms with van der Waals surface area (Å²) < 4.78 is 5.42. The molecule has 3 unspecified atom stereocenters. The quantitative estimate of drug-likeness (QED) is 0.864. The van der Waals surface area contributed by atoms with Gasteiger partial charge in [-0.3, -0.25) is 4.79 Å². The highest BCUT2D eigenvalue weighted by Crippen LogP contribution is 2.49. The molecule has 3 atom stereocenters. The van der Waals surface area contributed by atoms with E-state index in [1.807, 2.05) is 23.1 Å². The Bertz CT molecular complexity index is 620. The molecule has 1 aliphatic heterocycles. The Morgan fingerprint density at radius 2 is 2.00 bits per heavy atom. The second kappa shape index (κ2) is 5.06. The Balaban J connectivity index is 1.39. The number of hydrogen-bond donors (Lipinski definition) is 0. The molecule has 3 heteroatoms. The lowest BCUT2D eigenvalue weighted by Gasteiger charge is -2.16. The van der Waals surface area contributed by atoms with E-state index in [1.54, 1.807) is 6.26 Å². The monoisotopic (exact) mass is 281 g/mol. The summed E-state index contributed by atoms with van der Waals surface area (Å²) >= 11 is 0. The van der Waals surface area contributed by atoms with Gasteiger partial charge >= 0.3 is 0 Å². The molecule has 4 rings (SSSR count). The van der Waals surface area contributed by atoms with Gasteiger partial charge in [0.1, 0.15) is 5.76 Å². The first kappa shape index (κ1) is 12.7. The Hall–Kier alpha value is -2.03. The largest absolute Gasteiger partial charge is 0.469 e. The van der Waals surface area contributed by atoms with Gasteiger partial charge in [0.25, 0.3) is 0 Å². The molecule has 2 aromatic rings. The molecule has 21 heavy (non-hydrogen) atoms. The first-order chi connectivity index (χ1) is 10.3. The van der Waals surface area contributed by atoms with Gasteiger partial charge in [0.05, 0.1) is 6.26 Å². The standard InChI is InChI=1S/C18H19NO2/c20-18(16-11-15(16)17-7-4-10-21-17)19-9-8-14(12-19)13-5-2-1-3-6-13/h1-7,10,14-16H,8-9,11-12H2. The van der Waals surface area contributed by atoms with E-state index in [4.69, 9.17) is 4.42 Å². The van der Waals surface area contributed by atoms with Gasteiger partial charge in [0.2, 0.25) is 5.91 Å². The fraction of sp³-hybridized carbons (Fsp3) is 0.389. The summed E-state index contributed by atoms with van der Waals surface area (Å²) in [6.07, 6.45) is 3.71. The topological polar surface area (TPSA) is 33.5 Å². The number of hydrogen-bond acceptors (Lipinski definition) is 2. The lowest BCUT2D eigenvalue weighted by molar-refractivity contribution is -0.131. The first-order valence-corrected chi connectivity index (χ1v) is 7.70. The third kappa shape index (κ3) is 2.37. The zero-order valence-electron chi connectivity index (χ0n) is 11.9. The van der Waals surface area contributed by atoms with Gasteiger partial charge in [-0.05, 0) is 30.5 Å².